The van der Waals surface area contributed by atoms with E-state index in [-0.39, 0.29) is 12.1 Å². The Hall–Kier alpha value is -1.99. The second-order valence-corrected chi connectivity index (χ2v) is 8.57. The van der Waals surface area contributed by atoms with E-state index in [1.165, 1.54) is 0 Å². The number of nitrogens with zero attached hydrogens (tertiary/aromatic N) is 2. The third-order valence-electron chi connectivity index (χ3n) is 4.72. The predicted octanol–water partition coefficient (Wildman–Crippen LogP) is 3.44. The first-order valence-corrected chi connectivity index (χ1v) is 11.0. The van der Waals surface area contributed by atoms with Gasteiger partial charge in [-0.15, -0.1) is 0 Å². The number of ether oxygens (including phenoxy) is 1. The minimum atomic E-state index is -0.954. The molecule has 2 aromatic rings. The van der Waals surface area contributed by atoms with Crippen LogP contribution in [0.15, 0.2) is 41.4 Å². The van der Waals surface area contributed by atoms with Crippen LogP contribution in [0.3, 0.4) is 0 Å². The minimum absolute atomic E-state index is 0.202. The highest BCUT2D eigenvalue weighted by Gasteiger charge is 2.28. The molecule has 0 unspecified atom stereocenters. The lowest BCUT2D eigenvalue weighted by atomic mass is 9.94. The van der Waals surface area contributed by atoms with E-state index in [1.54, 1.807) is 12.5 Å². The number of hydrogen-bond donors (Lipinski definition) is 2. The summed E-state index contributed by atoms with van der Waals surface area (Å²) < 4.78 is 17.4. The molecule has 0 aliphatic carbocycles. The van der Waals surface area contributed by atoms with Crippen LogP contribution in [0.1, 0.15) is 32.3 Å². The van der Waals surface area contributed by atoms with Gasteiger partial charge in [0, 0.05) is 41.3 Å². The maximum Gasteiger partial charge on any atom is 0.224 e. The molecule has 1 aliphatic rings. The molecule has 3 atom stereocenters. The molecule has 1 aromatic heterocycles. The van der Waals surface area contributed by atoms with Crippen LogP contribution >= 0.6 is 0 Å². The summed E-state index contributed by atoms with van der Waals surface area (Å²) in [6.45, 7) is 5.83. The fourth-order valence-corrected chi connectivity index (χ4v) is 3.83. The molecule has 2 N–H and O–H groups in total. The van der Waals surface area contributed by atoms with Crippen molar-refractivity contribution in [1.82, 2.24) is 9.97 Å². The standard InChI is InChI=1S/C20H28N4O2S/c1-14(2)19-17(5-4-12-26-19)23-18-10-11-21-20(24-18)22-13-15-6-8-16(9-7-15)27(3)25/h6-11,14,17,19H,4-5,12-13H2,1-3H3,(H2,21,22,23,24)/t17-,19+,27+/m1/s1. The first kappa shape index (κ1) is 19.8. The van der Waals surface area contributed by atoms with Gasteiger partial charge >= 0.3 is 0 Å². The Morgan fingerprint density at radius 3 is 2.74 bits per heavy atom. The molecule has 2 heterocycles. The number of rotatable bonds is 7. The molecule has 1 aromatic carbocycles. The van der Waals surface area contributed by atoms with Crippen LogP contribution in [0.25, 0.3) is 0 Å². The summed E-state index contributed by atoms with van der Waals surface area (Å²) in [6.07, 6.45) is 5.79. The average Bonchev–Trinajstić information content (AvgIpc) is 2.67. The van der Waals surface area contributed by atoms with E-state index < -0.39 is 10.8 Å². The third kappa shape index (κ3) is 5.49. The quantitative estimate of drug-likeness (QED) is 0.757. The van der Waals surface area contributed by atoms with Crippen molar-refractivity contribution in [3.05, 3.63) is 42.1 Å². The molecule has 0 spiro atoms. The van der Waals surface area contributed by atoms with E-state index in [4.69, 9.17) is 4.74 Å². The van der Waals surface area contributed by atoms with Crippen molar-refractivity contribution in [1.29, 1.82) is 0 Å². The van der Waals surface area contributed by atoms with Gasteiger partial charge in [0.25, 0.3) is 0 Å². The monoisotopic (exact) mass is 388 g/mol. The van der Waals surface area contributed by atoms with Crippen LogP contribution in [0.2, 0.25) is 0 Å². The topological polar surface area (TPSA) is 76.1 Å². The molecule has 7 heteroatoms. The van der Waals surface area contributed by atoms with Gasteiger partial charge in [-0.3, -0.25) is 4.21 Å². The van der Waals surface area contributed by atoms with Crippen molar-refractivity contribution < 1.29 is 8.95 Å². The number of aromatic nitrogens is 2. The Morgan fingerprint density at radius 1 is 1.26 bits per heavy atom. The SMILES string of the molecule is CC(C)[C@@H]1OCCC[C@H]1Nc1ccnc(NCc2ccc([S@](C)=O)cc2)n1. The van der Waals surface area contributed by atoms with E-state index in [0.29, 0.717) is 18.4 Å². The molecule has 1 fully saturated rings. The van der Waals surface area contributed by atoms with E-state index in [2.05, 4.69) is 34.4 Å². The fraction of sp³-hybridized carbons (Fsp3) is 0.500. The lowest BCUT2D eigenvalue weighted by Gasteiger charge is -2.35. The molecule has 1 saturated heterocycles. The number of hydrogen-bond acceptors (Lipinski definition) is 6. The minimum Gasteiger partial charge on any atom is -0.376 e. The van der Waals surface area contributed by atoms with Gasteiger partial charge < -0.3 is 15.4 Å². The zero-order valence-electron chi connectivity index (χ0n) is 16.1. The molecule has 1 aliphatic heterocycles. The van der Waals surface area contributed by atoms with E-state index in [9.17, 15) is 4.21 Å². The maximum atomic E-state index is 11.5. The Bertz CT molecular complexity index is 767. The Morgan fingerprint density at radius 2 is 2.04 bits per heavy atom. The van der Waals surface area contributed by atoms with Crippen LogP contribution in [0.4, 0.5) is 11.8 Å². The van der Waals surface area contributed by atoms with Crippen molar-refractivity contribution in [2.24, 2.45) is 5.92 Å². The van der Waals surface area contributed by atoms with Gasteiger partial charge in [-0.05, 0) is 42.5 Å². The Labute approximate surface area is 163 Å². The summed E-state index contributed by atoms with van der Waals surface area (Å²) >= 11 is 0. The van der Waals surface area contributed by atoms with Gasteiger partial charge in [-0.25, -0.2) is 4.98 Å². The molecular weight excluding hydrogens is 360 g/mol. The van der Waals surface area contributed by atoms with Crippen molar-refractivity contribution in [3.63, 3.8) is 0 Å². The van der Waals surface area contributed by atoms with E-state index in [0.717, 1.165) is 35.7 Å². The van der Waals surface area contributed by atoms with Gasteiger partial charge in [-0.1, -0.05) is 26.0 Å². The van der Waals surface area contributed by atoms with Crippen molar-refractivity contribution in [3.8, 4) is 0 Å². The summed E-state index contributed by atoms with van der Waals surface area (Å²) in [5.74, 6) is 1.86. The van der Waals surface area contributed by atoms with Crippen LogP contribution in [0.5, 0.6) is 0 Å². The molecule has 146 valence electrons. The molecule has 27 heavy (non-hydrogen) atoms. The van der Waals surface area contributed by atoms with Gasteiger partial charge in [0.05, 0.1) is 12.1 Å². The first-order valence-electron chi connectivity index (χ1n) is 9.40. The summed E-state index contributed by atoms with van der Waals surface area (Å²) in [7, 11) is -0.954. The highest BCUT2D eigenvalue weighted by Crippen LogP contribution is 2.23. The number of anilines is 2. The highest BCUT2D eigenvalue weighted by atomic mass is 32.2. The summed E-state index contributed by atoms with van der Waals surface area (Å²) in [5.41, 5.74) is 1.09. The molecule has 0 amide bonds. The first-order chi connectivity index (χ1) is 13.0. The van der Waals surface area contributed by atoms with E-state index >= 15 is 0 Å². The molecular formula is C20H28N4O2S. The van der Waals surface area contributed by atoms with Crippen molar-refractivity contribution >= 4 is 22.6 Å². The second kappa shape index (κ2) is 9.28. The summed E-state index contributed by atoms with van der Waals surface area (Å²) in [4.78, 5) is 9.72. The maximum absolute atomic E-state index is 11.5. The zero-order chi connectivity index (χ0) is 19.2. The second-order valence-electron chi connectivity index (χ2n) is 7.19. The average molecular weight is 389 g/mol. The predicted molar refractivity (Wildman–Crippen MR) is 109 cm³/mol. The largest absolute Gasteiger partial charge is 0.376 e. The fourth-order valence-electron chi connectivity index (χ4n) is 3.31. The summed E-state index contributed by atoms with van der Waals surface area (Å²) in [5, 5.41) is 6.77. The van der Waals surface area contributed by atoms with Gasteiger partial charge in [-0.2, -0.15) is 4.98 Å². The van der Waals surface area contributed by atoms with Crippen LogP contribution in [-0.4, -0.2) is 39.2 Å². The highest BCUT2D eigenvalue weighted by molar-refractivity contribution is 7.84. The molecule has 0 radical (unpaired) electrons. The van der Waals surface area contributed by atoms with Crippen molar-refractivity contribution in [2.75, 3.05) is 23.5 Å². The van der Waals surface area contributed by atoms with Gasteiger partial charge in [0.2, 0.25) is 5.95 Å². The smallest absolute Gasteiger partial charge is 0.224 e. The van der Waals surface area contributed by atoms with Crippen LogP contribution in [-0.2, 0) is 22.1 Å². The van der Waals surface area contributed by atoms with Crippen LogP contribution < -0.4 is 10.6 Å². The molecule has 6 nitrogen and oxygen atoms in total. The third-order valence-corrected chi connectivity index (χ3v) is 5.65. The van der Waals surface area contributed by atoms with Crippen molar-refractivity contribution in [2.45, 2.75) is 50.3 Å². The van der Waals surface area contributed by atoms with Crippen LogP contribution in [0, 0.1) is 5.92 Å². The number of nitrogens with one attached hydrogen (secondary N) is 2. The number of benzene rings is 1. The Kier molecular flexibility index (Phi) is 6.79. The van der Waals surface area contributed by atoms with E-state index in [1.807, 2.05) is 30.3 Å². The zero-order valence-corrected chi connectivity index (χ0v) is 17.0. The lowest BCUT2D eigenvalue weighted by molar-refractivity contribution is -0.0203. The van der Waals surface area contributed by atoms with Gasteiger partial charge in [0.1, 0.15) is 5.82 Å². The molecule has 0 saturated carbocycles. The Balaban J connectivity index is 1.60. The summed E-state index contributed by atoms with van der Waals surface area (Å²) in [6, 6.07) is 9.88. The molecule has 3 rings (SSSR count). The normalized spacial score (nSPS) is 21.0. The van der Waals surface area contributed by atoms with Gasteiger partial charge in [0.15, 0.2) is 0 Å². The lowest BCUT2D eigenvalue weighted by Crippen LogP contribution is -2.43. The molecule has 0 bridgehead atoms.